The van der Waals surface area contributed by atoms with Crippen molar-refractivity contribution in [2.45, 2.75) is 6.92 Å². The number of carbonyl (C=O) groups is 1. The van der Waals surface area contributed by atoms with Crippen molar-refractivity contribution in [2.24, 2.45) is 0 Å². The van der Waals surface area contributed by atoms with E-state index in [1.807, 2.05) is 6.92 Å². The maximum absolute atomic E-state index is 12.1. The molecule has 1 aromatic carbocycles. The van der Waals surface area contributed by atoms with E-state index in [0.717, 1.165) is 6.54 Å². The van der Waals surface area contributed by atoms with Gasteiger partial charge in [0.05, 0.1) is 29.7 Å². The second-order valence-corrected chi connectivity index (χ2v) is 4.49. The number of likely N-dealkylation sites (N-methyl/N-ethyl adjacent to an activating group) is 1. The van der Waals surface area contributed by atoms with Crippen LogP contribution in [-0.2, 0) is 0 Å². The normalized spacial score (nSPS) is 9.95. The van der Waals surface area contributed by atoms with Gasteiger partial charge in [-0.05, 0) is 13.0 Å². The fourth-order valence-corrected chi connectivity index (χ4v) is 1.80. The summed E-state index contributed by atoms with van der Waals surface area (Å²) in [5.41, 5.74) is 6.37. The van der Waals surface area contributed by atoms with Gasteiger partial charge >= 0.3 is 0 Å². The summed E-state index contributed by atoms with van der Waals surface area (Å²) in [4.78, 5) is 13.9. The topological polar surface area (TPSA) is 91.4 Å². The summed E-state index contributed by atoms with van der Waals surface area (Å²) >= 11 is 5.92. The van der Waals surface area contributed by atoms with E-state index in [1.54, 1.807) is 4.90 Å². The van der Waals surface area contributed by atoms with Gasteiger partial charge < -0.3 is 20.7 Å². The van der Waals surface area contributed by atoms with E-state index in [9.17, 15) is 4.79 Å². The SMILES string of the molecule is CCN(C=N)CCNC(=O)c1cc(Cl)c(N)cc1OC. The minimum absolute atomic E-state index is 0.287. The van der Waals surface area contributed by atoms with Crippen LogP contribution in [0.1, 0.15) is 17.3 Å². The molecule has 110 valence electrons. The Morgan fingerprint density at radius 3 is 2.85 bits per heavy atom. The molecule has 0 fully saturated rings. The van der Waals surface area contributed by atoms with E-state index >= 15 is 0 Å². The van der Waals surface area contributed by atoms with Crippen LogP contribution in [-0.4, -0.2) is 43.9 Å². The smallest absolute Gasteiger partial charge is 0.255 e. The van der Waals surface area contributed by atoms with Crippen LogP contribution in [0.25, 0.3) is 0 Å². The Bertz CT molecular complexity index is 494. The average molecular weight is 299 g/mol. The van der Waals surface area contributed by atoms with Crippen molar-refractivity contribution < 1.29 is 9.53 Å². The number of anilines is 1. The summed E-state index contributed by atoms with van der Waals surface area (Å²) in [5, 5.41) is 10.2. The molecule has 1 amide bonds. The number of rotatable bonds is 7. The third-order valence-electron chi connectivity index (χ3n) is 2.84. The van der Waals surface area contributed by atoms with E-state index in [-0.39, 0.29) is 5.91 Å². The number of hydrogen-bond donors (Lipinski definition) is 3. The van der Waals surface area contributed by atoms with Gasteiger partial charge in [0, 0.05) is 25.7 Å². The molecule has 20 heavy (non-hydrogen) atoms. The van der Waals surface area contributed by atoms with Crippen molar-refractivity contribution in [3.05, 3.63) is 22.7 Å². The lowest BCUT2D eigenvalue weighted by atomic mass is 10.1. The van der Waals surface area contributed by atoms with Crippen LogP contribution in [0.5, 0.6) is 5.75 Å². The highest BCUT2D eigenvalue weighted by molar-refractivity contribution is 6.33. The summed E-state index contributed by atoms with van der Waals surface area (Å²) in [6.45, 7) is 3.65. The predicted octanol–water partition coefficient (Wildman–Crippen LogP) is 1.59. The number of nitrogens with two attached hydrogens (primary N) is 1. The van der Waals surface area contributed by atoms with Crippen LogP contribution in [0, 0.1) is 5.41 Å². The Hall–Kier alpha value is -1.95. The monoisotopic (exact) mass is 298 g/mol. The number of methoxy groups -OCH3 is 1. The maximum atomic E-state index is 12.1. The number of nitrogen functional groups attached to an aromatic ring is 1. The fraction of sp³-hybridized carbons (Fsp3) is 0.385. The minimum atomic E-state index is -0.287. The Morgan fingerprint density at radius 2 is 2.30 bits per heavy atom. The molecule has 7 heteroatoms. The lowest BCUT2D eigenvalue weighted by Crippen LogP contribution is -2.34. The van der Waals surface area contributed by atoms with Crippen LogP contribution in [0.4, 0.5) is 5.69 Å². The molecule has 1 aromatic rings. The molecule has 1 rings (SSSR count). The second-order valence-electron chi connectivity index (χ2n) is 4.09. The van der Waals surface area contributed by atoms with Crippen LogP contribution in [0.15, 0.2) is 12.1 Å². The van der Waals surface area contributed by atoms with Crippen molar-refractivity contribution in [3.8, 4) is 5.75 Å². The first kappa shape index (κ1) is 16.1. The number of nitrogens with zero attached hydrogens (tertiary/aromatic N) is 1. The molecule has 0 saturated heterocycles. The zero-order valence-corrected chi connectivity index (χ0v) is 12.3. The average Bonchev–Trinajstić information content (AvgIpc) is 2.45. The highest BCUT2D eigenvalue weighted by Gasteiger charge is 2.14. The van der Waals surface area contributed by atoms with Crippen molar-refractivity contribution >= 4 is 29.5 Å². The first-order chi connectivity index (χ1) is 9.53. The summed E-state index contributed by atoms with van der Waals surface area (Å²) in [6.07, 6.45) is 1.24. The Balaban J connectivity index is 2.72. The van der Waals surface area contributed by atoms with Crippen LogP contribution in [0.3, 0.4) is 0 Å². The quantitative estimate of drug-likeness (QED) is 0.405. The third-order valence-corrected chi connectivity index (χ3v) is 3.16. The van der Waals surface area contributed by atoms with E-state index in [4.69, 9.17) is 27.5 Å². The van der Waals surface area contributed by atoms with Gasteiger partial charge in [-0.2, -0.15) is 0 Å². The first-order valence-corrected chi connectivity index (χ1v) is 6.57. The van der Waals surface area contributed by atoms with Gasteiger partial charge in [0.25, 0.3) is 5.91 Å². The van der Waals surface area contributed by atoms with Gasteiger partial charge in [0.15, 0.2) is 0 Å². The van der Waals surface area contributed by atoms with Gasteiger partial charge in [-0.25, -0.2) is 0 Å². The van der Waals surface area contributed by atoms with E-state index in [2.05, 4.69) is 5.32 Å². The number of benzene rings is 1. The zero-order valence-electron chi connectivity index (χ0n) is 11.6. The fourth-order valence-electron chi connectivity index (χ4n) is 1.64. The summed E-state index contributed by atoms with van der Waals surface area (Å²) in [6, 6.07) is 3.01. The van der Waals surface area contributed by atoms with Crippen LogP contribution >= 0.6 is 11.6 Å². The van der Waals surface area contributed by atoms with E-state index in [0.29, 0.717) is 35.1 Å². The Labute approximate surface area is 123 Å². The van der Waals surface area contributed by atoms with Crippen LogP contribution < -0.4 is 15.8 Å². The van der Waals surface area contributed by atoms with Crippen molar-refractivity contribution in [2.75, 3.05) is 32.5 Å². The molecule has 0 unspecified atom stereocenters. The molecular formula is C13H19ClN4O2. The standard InChI is InChI=1S/C13H19ClN4O2/c1-3-18(8-15)5-4-17-13(19)9-6-10(14)11(16)7-12(9)20-2/h6-8,15H,3-5,16H2,1-2H3,(H,17,19). The molecule has 0 aliphatic rings. The second kappa shape index (κ2) is 7.59. The molecule has 4 N–H and O–H groups in total. The molecule has 0 aliphatic heterocycles. The predicted molar refractivity (Wildman–Crippen MR) is 80.8 cm³/mol. The van der Waals surface area contributed by atoms with Crippen molar-refractivity contribution in [1.82, 2.24) is 10.2 Å². The van der Waals surface area contributed by atoms with Gasteiger partial charge in [0.2, 0.25) is 0 Å². The van der Waals surface area contributed by atoms with Gasteiger partial charge in [0.1, 0.15) is 5.75 Å². The van der Waals surface area contributed by atoms with E-state index < -0.39 is 0 Å². The number of nitrogens with one attached hydrogen (secondary N) is 2. The van der Waals surface area contributed by atoms with Gasteiger partial charge in [-0.3, -0.25) is 10.2 Å². The van der Waals surface area contributed by atoms with Crippen molar-refractivity contribution in [3.63, 3.8) is 0 Å². The molecular weight excluding hydrogens is 280 g/mol. The van der Waals surface area contributed by atoms with Crippen molar-refractivity contribution in [1.29, 1.82) is 5.41 Å². The molecule has 0 atom stereocenters. The highest BCUT2D eigenvalue weighted by Crippen LogP contribution is 2.28. The molecule has 0 aromatic heterocycles. The molecule has 0 saturated carbocycles. The van der Waals surface area contributed by atoms with Gasteiger partial charge in [-0.15, -0.1) is 0 Å². The number of hydrogen-bond acceptors (Lipinski definition) is 4. The lowest BCUT2D eigenvalue weighted by Gasteiger charge is -2.17. The van der Waals surface area contributed by atoms with Gasteiger partial charge in [-0.1, -0.05) is 11.6 Å². The Morgan fingerprint density at radius 1 is 1.60 bits per heavy atom. The maximum Gasteiger partial charge on any atom is 0.255 e. The largest absolute Gasteiger partial charge is 0.496 e. The molecule has 0 bridgehead atoms. The van der Waals surface area contributed by atoms with E-state index in [1.165, 1.54) is 25.6 Å². The summed E-state index contributed by atoms with van der Waals surface area (Å²) in [5.74, 6) is 0.0913. The first-order valence-electron chi connectivity index (χ1n) is 6.19. The zero-order chi connectivity index (χ0) is 15.1. The summed E-state index contributed by atoms with van der Waals surface area (Å²) < 4.78 is 5.13. The molecule has 0 aliphatic carbocycles. The molecule has 0 radical (unpaired) electrons. The lowest BCUT2D eigenvalue weighted by molar-refractivity contribution is 0.0948. The molecule has 0 spiro atoms. The van der Waals surface area contributed by atoms with Crippen LogP contribution in [0.2, 0.25) is 5.02 Å². The highest BCUT2D eigenvalue weighted by atomic mass is 35.5. The number of ether oxygens (including phenoxy) is 1. The number of carbonyl (C=O) groups excluding carboxylic acids is 1. The number of amides is 1. The third kappa shape index (κ3) is 4.03. The summed E-state index contributed by atoms with van der Waals surface area (Å²) in [7, 11) is 1.47. The number of halogens is 1. The minimum Gasteiger partial charge on any atom is -0.496 e. The Kier molecular flexibility index (Phi) is 6.11. The molecule has 0 heterocycles. The molecule has 6 nitrogen and oxygen atoms in total.